The van der Waals surface area contributed by atoms with Gasteiger partial charge in [0.05, 0.1) is 11.9 Å². The molecule has 3 aromatic heterocycles. The number of ether oxygens (including phenoxy) is 1. The van der Waals surface area contributed by atoms with Crippen LogP contribution in [0.25, 0.3) is 5.65 Å². The second kappa shape index (κ2) is 7.63. The van der Waals surface area contributed by atoms with E-state index in [1.165, 1.54) is 19.2 Å². The van der Waals surface area contributed by atoms with Crippen LogP contribution in [0.5, 0.6) is 0 Å². The number of nitrogens with zero attached hydrogens (tertiary/aromatic N) is 4. The summed E-state index contributed by atoms with van der Waals surface area (Å²) >= 11 is 3.58. The number of benzene rings is 1. The number of hydrogen-bond acceptors (Lipinski definition) is 6. The van der Waals surface area contributed by atoms with Crippen LogP contribution in [-0.4, -0.2) is 37.6 Å². The van der Waals surface area contributed by atoms with E-state index in [0.29, 0.717) is 23.2 Å². The van der Waals surface area contributed by atoms with Crippen LogP contribution in [0.4, 0.5) is 16.2 Å². The zero-order valence-electron chi connectivity index (χ0n) is 15.5. The minimum atomic E-state index is -0.517. The van der Waals surface area contributed by atoms with Crippen molar-refractivity contribution in [3.63, 3.8) is 0 Å². The van der Waals surface area contributed by atoms with Gasteiger partial charge in [-0.05, 0) is 36.8 Å². The van der Waals surface area contributed by atoms with Gasteiger partial charge in [0.25, 0.3) is 0 Å². The third-order valence-corrected chi connectivity index (χ3v) is 5.19. The minimum absolute atomic E-state index is 0.275. The average Bonchev–Trinajstić information content (AvgIpc) is 3.33. The molecule has 8 nitrogen and oxygen atoms in total. The average molecular weight is 459 g/mol. The number of esters is 1. The smallest absolute Gasteiger partial charge is 0.355 e. The van der Waals surface area contributed by atoms with Crippen LogP contribution in [-0.2, 0) is 4.74 Å². The third kappa shape index (κ3) is 3.70. The fraction of sp³-hybridized carbons (Fsp3) is 0.158. The quantitative estimate of drug-likeness (QED) is 0.347. The highest BCUT2D eigenvalue weighted by Crippen LogP contribution is 2.30. The lowest BCUT2D eigenvalue weighted by molar-refractivity contribution is 0.0593. The van der Waals surface area contributed by atoms with Crippen LogP contribution in [0.2, 0.25) is 0 Å². The molecule has 0 saturated heterocycles. The first-order chi connectivity index (χ1) is 14.0. The van der Waals surface area contributed by atoms with Gasteiger partial charge in [-0.25, -0.2) is 14.2 Å². The highest BCUT2D eigenvalue weighted by atomic mass is 79.9. The Bertz CT molecular complexity index is 1190. The molecule has 0 bridgehead atoms. The molecule has 0 aliphatic rings. The highest BCUT2D eigenvalue weighted by Gasteiger charge is 2.21. The summed E-state index contributed by atoms with van der Waals surface area (Å²) < 4.78 is 19.7. The van der Waals surface area contributed by atoms with Crippen LogP contribution in [0.3, 0.4) is 0 Å². The second-order valence-electron chi connectivity index (χ2n) is 6.28. The second-order valence-corrected chi connectivity index (χ2v) is 7.20. The maximum atomic E-state index is 13.3. The van der Waals surface area contributed by atoms with Gasteiger partial charge in [0.1, 0.15) is 17.2 Å². The molecule has 1 atom stereocenters. The predicted molar refractivity (Wildman–Crippen MR) is 108 cm³/mol. The number of hydrogen-bond donors (Lipinski definition) is 2. The number of aryl methyl sites for hydroxylation is 1. The molecule has 3 heterocycles. The largest absolute Gasteiger partial charge is 0.464 e. The van der Waals surface area contributed by atoms with E-state index in [-0.39, 0.29) is 16.3 Å². The number of anilines is 2. The number of aromatic nitrogens is 5. The summed E-state index contributed by atoms with van der Waals surface area (Å²) in [6, 6.07) is 11.2. The maximum absolute atomic E-state index is 13.3. The van der Waals surface area contributed by atoms with Gasteiger partial charge < -0.3 is 10.1 Å². The Morgan fingerprint density at radius 3 is 2.66 bits per heavy atom. The molecule has 148 valence electrons. The van der Waals surface area contributed by atoms with Crippen LogP contribution in [0.15, 0.2) is 42.5 Å². The molecule has 0 saturated carbocycles. The normalized spacial score (nSPS) is 12.1. The van der Waals surface area contributed by atoms with Crippen molar-refractivity contribution in [3.05, 3.63) is 71.1 Å². The zero-order valence-corrected chi connectivity index (χ0v) is 17.1. The molecule has 0 aliphatic carbocycles. The van der Waals surface area contributed by atoms with E-state index in [2.05, 4.69) is 41.4 Å². The Balaban J connectivity index is 1.84. The first-order valence-corrected chi connectivity index (χ1v) is 9.54. The van der Waals surface area contributed by atoms with Crippen LogP contribution < -0.4 is 5.32 Å². The van der Waals surface area contributed by atoms with Crippen molar-refractivity contribution in [3.8, 4) is 0 Å². The molecule has 4 aromatic rings. The van der Waals surface area contributed by atoms with Crippen LogP contribution in [0.1, 0.15) is 32.4 Å². The molecule has 2 N–H and O–H groups in total. The Labute approximate surface area is 173 Å². The monoisotopic (exact) mass is 458 g/mol. The molecule has 1 aromatic carbocycles. The number of H-pyrrole nitrogens is 1. The molecule has 0 radical (unpaired) electrons. The van der Waals surface area contributed by atoms with Crippen molar-refractivity contribution in [1.82, 2.24) is 24.6 Å². The minimum Gasteiger partial charge on any atom is -0.464 e. The summed E-state index contributed by atoms with van der Waals surface area (Å²) in [6.07, 6.45) is 0. The molecular formula is C19H16BrFN6O2. The summed E-state index contributed by atoms with van der Waals surface area (Å²) in [5, 5.41) is 10.1. The summed E-state index contributed by atoms with van der Waals surface area (Å²) in [7, 11) is 1.31. The fourth-order valence-corrected chi connectivity index (χ4v) is 3.39. The van der Waals surface area contributed by atoms with E-state index >= 15 is 0 Å². The Kier molecular flexibility index (Phi) is 5.01. The number of carbonyl (C=O) groups is 1. The van der Waals surface area contributed by atoms with Gasteiger partial charge in [0.2, 0.25) is 5.95 Å². The molecule has 10 heteroatoms. The highest BCUT2D eigenvalue weighted by molar-refractivity contribution is 9.09. The summed E-state index contributed by atoms with van der Waals surface area (Å²) in [6.45, 7) is 1.87. The van der Waals surface area contributed by atoms with E-state index in [1.54, 1.807) is 34.7 Å². The van der Waals surface area contributed by atoms with E-state index in [4.69, 9.17) is 4.74 Å². The van der Waals surface area contributed by atoms with Crippen LogP contribution >= 0.6 is 15.9 Å². The van der Waals surface area contributed by atoms with Gasteiger partial charge in [-0.3, -0.25) is 9.50 Å². The van der Waals surface area contributed by atoms with E-state index in [0.717, 1.165) is 11.3 Å². The first-order valence-electron chi connectivity index (χ1n) is 8.62. The number of nitrogens with one attached hydrogen (secondary N) is 2. The third-order valence-electron chi connectivity index (χ3n) is 4.25. The number of fused-ring (bicyclic) bond motifs is 1. The summed E-state index contributed by atoms with van der Waals surface area (Å²) in [5.74, 6) is 0.472. The van der Waals surface area contributed by atoms with Crippen molar-refractivity contribution in [2.45, 2.75) is 11.8 Å². The number of carbonyl (C=O) groups excluding carboxylic acids is 1. The molecule has 0 aliphatic heterocycles. The van der Waals surface area contributed by atoms with Crippen molar-refractivity contribution >= 4 is 39.3 Å². The molecular weight excluding hydrogens is 443 g/mol. The molecule has 0 spiro atoms. The number of rotatable bonds is 5. The van der Waals surface area contributed by atoms with Gasteiger partial charge in [0.15, 0.2) is 11.6 Å². The van der Waals surface area contributed by atoms with Crippen molar-refractivity contribution in [2.75, 3.05) is 12.4 Å². The summed E-state index contributed by atoms with van der Waals surface area (Å²) in [5.41, 5.74) is 2.42. The molecule has 0 fully saturated rings. The van der Waals surface area contributed by atoms with Crippen LogP contribution in [0, 0.1) is 12.7 Å². The van der Waals surface area contributed by atoms with E-state index < -0.39 is 5.97 Å². The fourth-order valence-electron chi connectivity index (χ4n) is 2.88. The molecule has 1 unspecified atom stereocenters. The standard InChI is InChI=1S/C19H16BrFN6O2/c1-10-9-14(26-25-10)22-19-24-17(16(20)11-3-5-12(21)6-4-11)23-15-8-7-13(27(15)19)18(28)29-2/h3-9,16H,1-2H3,(H2,22,23,24,25,26). The number of halogens is 2. The van der Waals surface area contributed by atoms with Gasteiger partial charge in [0, 0.05) is 11.8 Å². The lowest BCUT2D eigenvalue weighted by Crippen LogP contribution is -2.13. The Morgan fingerprint density at radius 2 is 2.00 bits per heavy atom. The van der Waals surface area contributed by atoms with Gasteiger partial charge in [-0.15, -0.1) is 0 Å². The van der Waals surface area contributed by atoms with Gasteiger partial charge in [-0.1, -0.05) is 28.1 Å². The molecule has 4 rings (SSSR count). The Hall–Kier alpha value is -3.27. The number of methoxy groups -OCH3 is 1. The lowest BCUT2D eigenvalue weighted by Gasteiger charge is -2.14. The van der Waals surface area contributed by atoms with Crippen molar-refractivity contribution in [1.29, 1.82) is 0 Å². The SMILES string of the molecule is COC(=O)c1ccc2nc(C(Br)c3ccc(F)cc3)nc(Nc3cc(C)[nH]n3)n12. The molecule has 29 heavy (non-hydrogen) atoms. The predicted octanol–water partition coefficient (Wildman–Crippen LogP) is 3.91. The number of aromatic amines is 1. The topological polar surface area (TPSA) is 97.2 Å². The lowest BCUT2D eigenvalue weighted by atomic mass is 10.1. The zero-order chi connectivity index (χ0) is 20.5. The van der Waals surface area contributed by atoms with E-state index in [1.807, 2.05) is 6.92 Å². The summed E-state index contributed by atoms with van der Waals surface area (Å²) in [4.78, 5) is 20.9. The van der Waals surface area contributed by atoms with Crippen molar-refractivity contribution in [2.24, 2.45) is 0 Å². The van der Waals surface area contributed by atoms with Crippen molar-refractivity contribution < 1.29 is 13.9 Å². The van der Waals surface area contributed by atoms with Gasteiger partial charge in [-0.2, -0.15) is 10.1 Å². The van der Waals surface area contributed by atoms with E-state index in [9.17, 15) is 9.18 Å². The maximum Gasteiger partial charge on any atom is 0.355 e. The number of alkyl halides is 1. The Morgan fingerprint density at radius 1 is 1.24 bits per heavy atom. The first kappa shape index (κ1) is 19.1. The molecule has 0 amide bonds. The van der Waals surface area contributed by atoms with Gasteiger partial charge >= 0.3 is 5.97 Å².